The second-order valence-corrected chi connectivity index (χ2v) is 17.5. The summed E-state index contributed by atoms with van der Waals surface area (Å²) in [6.07, 6.45) is 12.9. The maximum atomic E-state index is 5.69. The number of hydrogen-bond acceptors (Lipinski definition) is 3. The zero-order valence-corrected chi connectivity index (χ0v) is 34.5. The quantitative estimate of drug-likeness (QED) is 0.0993. The van der Waals surface area contributed by atoms with E-state index in [9.17, 15) is 0 Å². The minimum atomic E-state index is -0.305. The van der Waals surface area contributed by atoms with Crippen LogP contribution in [0.3, 0.4) is 0 Å². The summed E-state index contributed by atoms with van der Waals surface area (Å²) in [6, 6.07) is 57.0. The Hall–Kier alpha value is -6.82. The van der Waals surface area contributed by atoms with Gasteiger partial charge < -0.3 is 9.88 Å². The summed E-state index contributed by atoms with van der Waals surface area (Å²) in [5, 5.41) is 4.96. The monoisotopic (exact) mass is 789 g/mol. The van der Waals surface area contributed by atoms with Crippen LogP contribution in [0.1, 0.15) is 66.0 Å². The van der Waals surface area contributed by atoms with Gasteiger partial charge in [0.15, 0.2) is 6.29 Å². The zero-order chi connectivity index (χ0) is 40.7. The smallest absolute Gasteiger partial charge is 0.184 e. The average molecular weight is 790 g/mol. The van der Waals surface area contributed by atoms with Crippen LogP contribution in [0.2, 0.25) is 0 Å². The lowest BCUT2D eigenvalue weighted by Gasteiger charge is -2.45. The molecule has 1 aromatic heterocycles. The lowest BCUT2D eigenvalue weighted by Crippen LogP contribution is -2.40. The molecule has 1 N–H and O–H groups in total. The molecule has 61 heavy (non-hydrogen) atoms. The van der Waals surface area contributed by atoms with Gasteiger partial charge in [-0.15, -0.1) is 0 Å². The first kappa shape index (κ1) is 36.1. The van der Waals surface area contributed by atoms with Gasteiger partial charge in [-0.05, 0) is 94.1 Å². The van der Waals surface area contributed by atoms with E-state index in [1.165, 1.54) is 50.0 Å². The molecule has 296 valence electrons. The van der Waals surface area contributed by atoms with Crippen molar-refractivity contribution in [3.63, 3.8) is 0 Å². The summed E-state index contributed by atoms with van der Waals surface area (Å²) in [4.78, 5) is 13.4. The second kappa shape index (κ2) is 14.1. The summed E-state index contributed by atoms with van der Waals surface area (Å²) in [5.74, 6) is 1.76. The fourth-order valence-electron chi connectivity index (χ4n) is 11.3. The number of nitrogens with zero attached hydrogens (tertiary/aromatic N) is 4. The van der Waals surface area contributed by atoms with Crippen LogP contribution in [0.5, 0.6) is 0 Å². The predicted octanol–water partition coefficient (Wildman–Crippen LogP) is 12.7. The molecule has 2 aliphatic heterocycles. The number of rotatable bonds is 7. The van der Waals surface area contributed by atoms with E-state index in [4.69, 9.17) is 9.98 Å². The first-order chi connectivity index (χ1) is 30.1. The minimum absolute atomic E-state index is 0.143. The van der Waals surface area contributed by atoms with Gasteiger partial charge in [0.1, 0.15) is 5.84 Å². The Morgan fingerprint density at radius 1 is 0.721 bits per heavy atom. The molecule has 0 bridgehead atoms. The highest BCUT2D eigenvalue weighted by atomic mass is 15.5. The summed E-state index contributed by atoms with van der Waals surface area (Å²) < 4.78 is 2.58. The molecule has 6 aromatic carbocycles. The van der Waals surface area contributed by atoms with Crippen molar-refractivity contribution >= 4 is 39.9 Å². The Kier molecular flexibility index (Phi) is 8.36. The first-order valence-electron chi connectivity index (χ1n) is 21.9. The SMILES string of the molecule is CC1CC(C2(C3C=CC=CC3C)c3ccccc3-c3ccccc32)=Cc2c1c1ccccc1n2C1N=C(c2cccc(/C(=N/c3ccccc3)Nc3ccccc3)c2)C2CN21. The molecular weight excluding hydrogens is 743 g/mol. The van der Waals surface area contributed by atoms with E-state index in [1.807, 2.05) is 48.5 Å². The van der Waals surface area contributed by atoms with Crippen molar-refractivity contribution in [2.24, 2.45) is 21.8 Å². The van der Waals surface area contributed by atoms with Crippen molar-refractivity contribution in [1.29, 1.82) is 0 Å². The van der Waals surface area contributed by atoms with Gasteiger partial charge in [0, 0.05) is 40.2 Å². The molecule has 6 unspecified atom stereocenters. The fraction of sp³-hybridized carbons (Fsp3) is 0.179. The van der Waals surface area contributed by atoms with Gasteiger partial charge in [-0.2, -0.15) is 0 Å². The van der Waals surface area contributed by atoms with Gasteiger partial charge in [0.2, 0.25) is 0 Å². The zero-order valence-electron chi connectivity index (χ0n) is 34.5. The van der Waals surface area contributed by atoms with Crippen LogP contribution in [-0.2, 0) is 5.41 Å². The molecule has 0 radical (unpaired) electrons. The maximum Gasteiger partial charge on any atom is 0.184 e. The number of hydrogen-bond donors (Lipinski definition) is 1. The molecule has 12 rings (SSSR count). The molecule has 0 spiro atoms. The predicted molar refractivity (Wildman–Crippen MR) is 252 cm³/mol. The number of benzene rings is 6. The Labute approximate surface area is 357 Å². The molecule has 0 amide bonds. The van der Waals surface area contributed by atoms with Crippen LogP contribution in [0.25, 0.3) is 28.1 Å². The van der Waals surface area contributed by atoms with Crippen molar-refractivity contribution < 1.29 is 0 Å². The Morgan fingerprint density at radius 3 is 2.18 bits per heavy atom. The van der Waals surface area contributed by atoms with Crippen LogP contribution in [-0.4, -0.2) is 33.6 Å². The first-order valence-corrected chi connectivity index (χ1v) is 21.9. The third kappa shape index (κ3) is 5.64. The van der Waals surface area contributed by atoms with Crippen LogP contribution in [0.15, 0.2) is 198 Å². The Morgan fingerprint density at radius 2 is 1.41 bits per heavy atom. The van der Waals surface area contributed by atoms with E-state index in [0.717, 1.165) is 47.0 Å². The van der Waals surface area contributed by atoms with Crippen LogP contribution >= 0.6 is 0 Å². The second-order valence-electron chi connectivity index (χ2n) is 17.5. The third-order valence-corrected chi connectivity index (χ3v) is 13.9. The molecule has 5 heteroatoms. The number of aromatic nitrogens is 1. The number of anilines is 1. The normalized spacial score (nSPS) is 24.1. The molecule has 3 aliphatic carbocycles. The van der Waals surface area contributed by atoms with Crippen molar-refractivity contribution in [2.45, 2.75) is 43.9 Å². The van der Waals surface area contributed by atoms with E-state index in [2.05, 4.69) is 168 Å². The van der Waals surface area contributed by atoms with Crippen molar-refractivity contribution in [3.8, 4) is 11.1 Å². The highest BCUT2D eigenvalue weighted by molar-refractivity contribution is 6.13. The van der Waals surface area contributed by atoms with E-state index in [-0.39, 0.29) is 23.7 Å². The van der Waals surface area contributed by atoms with Crippen molar-refractivity contribution in [3.05, 3.63) is 221 Å². The lowest BCUT2D eigenvalue weighted by atomic mass is 9.57. The van der Waals surface area contributed by atoms with Crippen molar-refractivity contribution in [1.82, 2.24) is 9.47 Å². The molecule has 0 saturated carbocycles. The number of fused-ring (bicyclic) bond motifs is 7. The Balaban J connectivity index is 1.01. The molecule has 5 nitrogen and oxygen atoms in total. The third-order valence-electron chi connectivity index (χ3n) is 13.9. The molecule has 5 aliphatic rings. The standard InChI is InChI=1S/C56H47N5/c1-36-18-9-13-28-46(36)56(47-29-14-10-25-43(47)44-26-11-15-30-48(44)56)40-32-37(2)52-45-27-12-16-31-49(45)61(50(52)34-40)55-59-53(51-35-60(51)55)38-19-17-20-39(33-38)54(57-41-21-5-3-6-22-41)58-42-23-7-4-8-24-42/h3-31,33-34,36-37,46,51,55H,32,35H2,1-2H3,(H,57,58). The average Bonchev–Trinajstić information content (AvgIpc) is 3.77. The van der Waals surface area contributed by atoms with Gasteiger partial charge in [-0.1, -0.05) is 165 Å². The molecule has 1 saturated heterocycles. The summed E-state index contributed by atoms with van der Waals surface area (Å²) in [7, 11) is 0. The maximum absolute atomic E-state index is 5.69. The van der Waals surface area contributed by atoms with Crippen LogP contribution < -0.4 is 5.32 Å². The van der Waals surface area contributed by atoms with Gasteiger partial charge in [0.05, 0.1) is 23.0 Å². The highest BCUT2D eigenvalue weighted by Crippen LogP contribution is 2.62. The van der Waals surface area contributed by atoms with Crippen LogP contribution in [0, 0.1) is 11.8 Å². The minimum Gasteiger partial charge on any atom is -0.340 e. The van der Waals surface area contributed by atoms with Gasteiger partial charge in [-0.25, -0.2) is 9.98 Å². The summed E-state index contributed by atoms with van der Waals surface area (Å²) in [5.41, 5.74) is 16.0. The Bertz CT molecular complexity index is 2970. The number of amidine groups is 1. The molecule has 3 heterocycles. The lowest BCUT2D eigenvalue weighted by molar-refractivity contribution is 0.328. The molecule has 7 aromatic rings. The number of aliphatic imine (C=N–C) groups is 2. The largest absolute Gasteiger partial charge is 0.340 e. The number of nitrogens with one attached hydrogen (secondary N) is 1. The summed E-state index contributed by atoms with van der Waals surface area (Å²) >= 11 is 0. The molecule has 1 fully saturated rings. The van der Waals surface area contributed by atoms with E-state index < -0.39 is 0 Å². The summed E-state index contributed by atoms with van der Waals surface area (Å²) in [6.45, 7) is 5.84. The van der Waals surface area contributed by atoms with E-state index >= 15 is 0 Å². The topological polar surface area (TPSA) is 44.7 Å². The molecular formula is C56H47N5. The van der Waals surface area contributed by atoms with Gasteiger partial charge >= 0.3 is 0 Å². The van der Waals surface area contributed by atoms with Gasteiger partial charge in [0.25, 0.3) is 0 Å². The van der Waals surface area contributed by atoms with Crippen LogP contribution in [0.4, 0.5) is 11.4 Å². The number of para-hydroxylation sites is 3. The van der Waals surface area contributed by atoms with Crippen molar-refractivity contribution in [2.75, 3.05) is 11.9 Å². The number of allylic oxidation sites excluding steroid dienone is 5. The highest BCUT2D eigenvalue weighted by Gasteiger charge is 2.54. The van der Waals surface area contributed by atoms with Gasteiger partial charge in [-0.3, -0.25) is 4.90 Å². The fourth-order valence-corrected chi connectivity index (χ4v) is 11.3. The molecule has 6 atom stereocenters. The van der Waals surface area contributed by atoms with E-state index in [0.29, 0.717) is 11.8 Å². The van der Waals surface area contributed by atoms with E-state index in [1.54, 1.807) is 0 Å².